The summed E-state index contributed by atoms with van der Waals surface area (Å²) in [6.07, 6.45) is 0.725. The van der Waals surface area contributed by atoms with E-state index in [0.717, 1.165) is 57.2 Å². The highest BCUT2D eigenvalue weighted by atomic mass is 16.5. The standard InChI is InChI=1S/C45H30N2O2/c1-3-13-29(14-4-1)38-28-39(30-15-5-2-6-16-30)47-44(46-38)43-26-25-40(48-43)31-23-24-42-37(27-31)45(36-21-11-12-22-41(36)49-42)34-19-9-7-17-32(34)33-18-8-10-20-35(33)45/h1-27,38H,28H2. The summed E-state index contributed by atoms with van der Waals surface area (Å²) in [5.74, 6) is 3.74. The number of hydrogen-bond donors (Lipinski definition) is 0. The van der Waals surface area contributed by atoms with Gasteiger partial charge in [-0.3, -0.25) is 4.99 Å². The molecule has 0 amide bonds. The second-order valence-corrected chi connectivity index (χ2v) is 12.8. The van der Waals surface area contributed by atoms with Gasteiger partial charge in [-0.15, -0.1) is 0 Å². The predicted molar refractivity (Wildman–Crippen MR) is 195 cm³/mol. The maximum absolute atomic E-state index is 6.65. The van der Waals surface area contributed by atoms with E-state index >= 15 is 0 Å². The van der Waals surface area contributed by atoms with Crippen LogP contribution in [0.15, 0.2) is 178 Å². The lowest BCUT2D eigenvalue weighted by molar-refractivity contribution is 0.436. The Morgan fingerprint density at radius 3 is 1.88 bits per heavy atom. The van der Waals surface area contributed by atoms with Crippen LogP contribution >= 0.6 is 0 Å². The van der Waals surface area contributed by atoms with E-state index in [2.05, 4.69) is 133 Å². The van der Waals surface area contributed by atoms with Crippen LogP contribution in [0.25, 0.3) is 22.5 Å². The van der Waals surface area contributed by atoms with E-state index in [-0.39, 0.29) is 6.04 Å². The maximum atomic E-state index is 6.65. The average molecular weight is 631 g/mol. The normalized spacial score (nSPS) is 16.4. The highest BCUT2D eigenvalue weighted by Crippen LogP contribution is 2.62. The van der Waals surface area contributed by atoms with Gasteiger partial charge in [-0.05, 0) is 69.8 Å². The molecule has 1 unspecified atom stereocenters. The van der Waals surface area contributed by atoms with Crippen LogP contribution in [0.1, 0.15) is 51.6 Å². The van der Waals surface area contributed by atoms with Crippen molar-refractivity contribution in [2.24, 2.45) is 9.98 Å². The number of ether oxygens (including phenoxy) is 1. The Hall–Kier alpha value is -6.26. The van der Waals surface area contributed by atoms with Crippen molar-refractivity contribution in [1.29, 1.82) is 0 Å². The molecule has 4 heteroatoms. The molecule has 0 saturated heterocycles. The molecule has 10 rings (SSSR count). The Morgan fingerprint density at radius 2 is 1.12 bits per heavy atom. The van der Waals surface area contributed by atoms with Gasteiger partial charge in [-0.2, -0.15) is 0 Å². The van der Waals surface area contributed by atoms with Crippen LogP contribution < -0.4 is 4.74 Å². The van der Waals surface area contributed by atoms with Crippen molar-refractivity contribution in [3.63, 3.8) is 0 Å². The summed E-state index contributed by atoms with van der Waals surface area (Å²) in [6, 6.07) is 57.2. The molecule has 1 spiro atoms. The van der Waals surface area contributed by atoms with Gasteiger partial charge in [0, 0.05) is 23.1 Å². The molecule has 3 heterocycles. The number of nitrogens with zero attached hydrogens (tertiary/aromatic N) is 2. The third-order valence-corrected chi connectivity index (χ3v) is 10.2. The van der Waals surface area contributed by atoms with Crippen molar-refractivity contribution in [3.8, 4) is 33.9 Å². The first-order valence-corrected chi connectivity index (χ1v) is 16.7. The van der Waals surface area contributed by atoms with E-state index in [9.17, 15) is 0 Å². The fraction of sp³-hybridized carbons (Fsp3) is 0.0667. The van der Waals surface area contributed by atoms with Crippen molar-refractivity contribution in [1.82, 2.24) is 0 Å². The minimum absolute atomic E-state index is 0.0548. The van der Waals surface area contributed by atoms with Crippen LogP contribution in [0.4, 0.5) is 0 Å². The van der Waals surface area contributed by atoms with E-state index < -0.39 is 5.41 Å². The highest BCUT2D eigenvalue weighted by molar-refractivity contribution is 6.13. The number of fused-ring (bicyclic) bond motifs is 9. The zero-order chi connectivity index (χ0) is 32.4. The Morgan fingerprint density at radius 1 is 0.510 bits per heavy atom. The first-order valence-electron chi connectivity index (χ1n) is 16.7. The molecule has 1 aliphatic carbocycles. The Bertz CT molecular complexity index is 2410. The zero-order valence-corrected chi connectivity index (χ0v) is 26.6. The number of rotatable bonds is 4. The smallest absolute Gasteiger partial charge is 0.191 e. The van der Waals surface area contributed by atoms with E-state index in [0.29, 0.717) is 11.6 Å². The lowest BCUT2D eigenvalue weighted by atomic mass is 9.66. The van der Waals surface area contributed by atoms with Gasteiger partial charge in [0.25, 0.3) is 0 Å². The van der Waals surface area contributed by atoms with Gasteiger partial charge in [0.2, 0.25) is 0 Å². The van der Waals surface area contributed by atoms with Crippen LogP contribution in [-0.2, 0) is 5.41 Å². The molecule has 7 aromatic rings. The Kier molecular flexibility index (Phi) is 6.18. The lowest BCUT2D eigenvalue weighted by Crippen LogP contribution is -2.32. The molecule has 232 valence electrons. The second kappa shape index (κ2) is 10.9. The van der Waals surface area contributed by atoms with Gasteiger partial charge in [0.1, 0.15) is 17.3 Å². The zero-order valence-electron chi connectivity index (χ0n) is 26.6. The van der Waals surface area contributed by atoms with Crippen molar-refractivity contribution >= 4 is 11.5 Å². The maximum Gasteiger partial charge on any atom is 0.191 e. The van der Waals surface area contributed by atoms with Gasteiger partial charge in [-0.1, -0.05) is 127 Å². The molecule has 1 atom stereocenters. The predicted octanol–water partition coefficient (Wildman–Crippen LogP) is 10.8. The van der Waals surface area contributed by atoms with Crippen LogP contribution in [-0.4, -0.2) is 11.5 Å². The molecular weight excluding hydrogens is 601 g/mol. The molecule has 6 aromatic carbocycles. The monoisotopic (exact) mass is 630 g/mol. The fourth-order valence-electron chi connectivity index (χ4n) is 8.00. The molecule has 0 N–H and O–H groups in total. The summed E-state index contributed by atoms with van der Waals surface area (Å²) < 4.78 is 13.3. The van der Waals surface area contributed by atoms with E-state index in [1.54, 1.807) is 0 Å². The van der Waals surface area contributed by atoms with Crippen molar-refractivity contribution in [2.45, 2.75) is 17.9 Å². The summed E-state index contributed by atoms with van der Waals surface area (Å²) in [5.41, 5.74) is 11.0. The van der Waals surface area contributed by atoms with E-state index in [4.69, 9.17) is 19.1 Å². The Balaban J connectivity index is 1.12. The quantitative estimate of drug-likeness (QED) is 0.194. The minimum Gasteiger partial charge on any atom is -0.457 e. The molecular formula is C45H30N2O2. The lowest BCUT2D eigenvalue weighted by Gasteiger charge is -2.39. The molecule has 2 aliphatic heterocycles. The van der Waals surface area contributed by atoms with Crippen LogP contribution in [0.5, 0.6) is 11.5 Å². The number of amidine groups is 1. The number of hydrogen-bond acceptors (Lipinski definition) is 4. The molecule has 0 fully saturated rings. The van der Waals surface area contributed by atoms with Crippen LogP contribution in [0, 0.1) is 0 Å². The highest BCUT2D eigenvalue weighted by Gasteiger charge is 2.51. The molecule has 4 nitrogen and oxygen atoms in total. The molecule has 0 bridgehead atoms. The summed E-state index contributed by atoms with van der Waals surface area (Å²) in [7, 11) is 0. The second-order valence-electron chi connectivity index (χ2n) is 12.8. The number of benzene rings is 6. The summed E-state index contributed by atoms with van der Waals surface area (Å²) in [4.78, 5) is 10.2. The molecule has 0 saturated carbocycles. The van der Waals surface area contributed by atoms with Crippen LogP contribution in [0.2, 0.25) is 0 Å². The van der Waals surface area contributed by atoms with Gasteiger partial charge < -0.3 is 9.15 Å². The summed E-state index contributed by atoms with van der Waals surface area (Å²) in [6.45, 7) is 0. The number of para-hydroxylation sites is 1. The molecule has 49 heavy (non-hydrogen) atoms. The number of aliphatic imine (C=N–C) groups is 2. The summed E-state index contributed by atoms with van der Waals surface area (Å²) in [5, 5.41) is 0. The Labute approximate surface area is 284 Å². The fourth-order valence-corrected chi connectivity index (χ4v) is 8.00. The van der Waals surface area contributed by atoms with E-state index in [1.807, 2.05) is 30.3 Å². The minimum atomic E-state index is -0.534. The summed E-state index contributed by atoms with van der Waals surface area (Å²) >= 11 is 0. The molecule has 1 aromatic heterocycles. The first-order chi connectivity index (χ1) is 24.3. The molecule has 3 aliphatic rings. The SMILES string of the molecule is c1ccc(C2=NC(c3ccc(-c4ccc5c(c4)C4(c6ccccc6O5)c5ccccc5-c5ccccc54)o3)=NC(c3ccccc3)C2)cc1. The molecule has 0 radical (unpaired) electrons. The van der Waals surface area contributed by atoms with Gasteiger partial charge in [0.05, 0.1) is 17.2 Å². The largest absolute Gasteiger partial charge is 0.457 e. The average Bonchev–Trinajstić information content (AvgIpc) is 3.79. The van der Waals surface area contributed by atoms with Gasteiger partial charge in [0.15, 0.2) is 11.6 Å². The van der Waals surface area contributed by atoms with Crippen molar-refractivity contribution in [3.05, 3.63) is 203 Å². The van der Waals surface area contributed by atoms with Crippen molar-refractivity contribution < 1.29 is 9.15 Å². The third-order valence-electron chi connectivity index (χ3n) is 10.2. The third kappa shape index (κ3) is 4.24. The van der Waals surface area contributed by atoms with E-state index in [1.165, 1.54) is 22.3 Å². The first kappa shape index (κ1) is 27.8. The van der Waals surface area contributed by atoms with Gasteiger partial charge >= 0.3 is 0 Å². The number of furan rings is 1. The van der Waals surface area contributed by atoms with Crippen molar-refractivity contribution in [2.75, 3.05) is 0 Å². The topological polar surface area (TPSA) is 47.1 Å². The van der Waals surface area contributed by atoms with Gasteiger partial charge in [-0.25, -0.2) is 4.99 Å². The van der Waals surface area contributed by atoms with Crippen LogP contribution in [0.3, 0.4) is 0 Å².